The molecule has 0 fully saturated rings. The Labute approximate surface area is 154 Å². The summed E-state index contributed by atoms with van der Waals surface area (Å²) >= 11 is 0. The molecule has 0 bridgehead atoms. The Morgan fingerprint density at radius 2 is 1.23 bits per heavy atom. The first-order chi connectivity index (χ1) is 10.9. The van der Waals surface area contributed by atoms with Crippen molar-refractivity contribution in [3.05, 3.63) is 0 Å². The van der Waals surface area contributed by atoms with Crippen LogP contribution in [0, 0.1) is 0 Å². The van der Waals surface area contributed by atoms with Crippen LogP contribution in [0.1, 0.15) is 38.5 Å². The predicted octanol–water partition coefficient (Wildman–Crippen LogP) is 1.64. The molecule has 0 aromatic carbocycles. The van der Waals surface area contributed by atoms with Gasteiger partial charge in [0.15, 0.2) is 16.3 Å². The normalized spacial score (nSPS) is 15.5. The molecule has 0 N–H and O–H groups in total. The number of rotatable bonds is 10. The predicted molar refractivity (Wildman–Crippen MR) is 63.2 cm³/mol. The van der Waals surface area contributed by atoms with Gasteiger partial charge in [0.1, 0.15) is 0 Å². The van der Waals surface area contributed by atoms with Gasteiger partial charge in [-0.25, -0.2) is 12.8 Å². The van der Waals surface area contributed by atoms with Gasteiger partial charge in [-0.15, -0.1) is 0 Å². The van der Waals surface area contributed by atoms with Crippen LogP contribution < -0.4 is 18.9 Å². The third-order valence-corrected chi connectivity index (χ3v) is 4.04. The molecule has 1 unspecified atom stereocenters. The monoisotopic (exact) mass is 422 g/mol. The first kappa shape index (κ1) is 28.0. The molecule has 0 rings (SSSR count). The number of hydrogen-bond donors (Lipinski definition) is 0. The van der Waals surface area contributed by atoms with Crippen molar-refractivity contribution in [2.45, 2.75) is 68.0 Å². The van der Waals surface area contributed by atoms with E-state index in [9.17, 15) is 56.9 Å². The molecule has 0 saturated carbocycles. The summed E-state index contributed by atoms with van der Waals surface area (Å²) in [5, 5.41) is -6.75. The molecule has 152 valence electrons. The summed E-state index contributed by atoms with van der Waals surface area (Å²) in [4.78, 5) is 0. The Morgan fingerprint density at radius 1 is 0.808 bits per heavy atom. The van der Waals surface area contributed by atoms with Crippen molar-refractivity contribution in [3.63, 3.8) is 0 Å². The summed E-state index contributed by atoms with van der Waals surface area (Å²) in [5.74, 6) is -13.0. The van der Waals surface area contributed by atoms with Gasteiger partial charge in [-0.3, -0.25) is 0 Å². The second-order valence-electron chi connectivity index (χ2n) is 5.20. The minimum absolute atomic E-state index is 0. The molecule has 0 amide bonds. The molecule has 0 aliphatic heterocycles. The van der Waals surface area contributed by atoms with Crippen molar-refractivity contribution >= 4 is 10.1 Å². The zero-order valence-corrected chi connectivity index (χ0v) is 14.0. The number of hydrogen-bond acceptors (Lipinski definition) is 3. The SMILES string of the molecule is O=S(=O)([O-])C(F)(F)C(F)(F)C(F)(F)C(F)CCCCCCC(F)(F)F.[Li+]. The summed E-state index contributed by atoms with van der Waals surface area (Å²) in [5.41, 5.74) is 0. The van der Waals surface area contributed by atoms with E-state index in [1.807, 2.05) is 0 Å². The second kappa shape index (κ2) is 9.34. The van der Waals surface area contributed by atoms with E-state index in [0.29, 0.717) is 0 Å². The molecule has 0 aliphatic carbocycles. The fraction of sp³-hybridized carbons (Fsp3) is 1.00. The van der Waals surface area contributed by atoms with Crippen molar-refractivity contribution in [3.8, 4) is 0 Å². The van der Waals surface area contributed by atoms with Crippen molar-refractivity contribution in [2.75, 3.05) is 0 Å². The van der Waals surface area contributed by atoms with Gasteiger partial charge in [0.2, 0.25) is 0 Å². The van der Waals surface area contributed by atoms with E-state index < -0.39 is 65.2 Å². The average Bonchev–Trinajstić information content (AvgIpc) is 2.39. The van der Waals surface area contributed by atoms with Crippen LogP contribution in [0.5, 0.6) is 0 Å². The molecular formula is C11H13F10LiO3S. The number of halogens is 10. The maximum Gasteiger partial charge on any atom is 1.00 e. The molecule has 26 heavy (non-hydrogen) atoms. The Morgan fingerprint density at radius 3 is 1.62 bits per heavy atom. The van der Waals surface area contributed by atoms with Crippen LogP contribution in [0.4, 0.5) is 43.9 Å². The summed E-state index contributed by atoms with van der Waals surface area (Å²) in [7, 11) is -7.21. The van der Waals surface area contributed by atoms with Gasteiger partial charge in [0.25, 0.3) is 0 Å². The Bertz CT molecular complexity index is 535. The molecule has 0 heterocycles. The van der Waals surface area contributed by atoms with Crippen molar-refractivity contribution in [1.82, 2.24) is 0 Å². The third-order valence-electron chi connectivity index (χ3n) is 3.16. The maximum atomic E-state index is 13.3. The van der Waals surface area contributed by atoms with Crippen LogP contribution in [-0.4, -0.2) is 42.4 Å². The van der Waals surface area contributed by atoms with E-state index in [2.05, 4.69) is 0 Å². The van der Waals surface area contributed by atoms with Crippen LogP contribution in [0.25, 0.3) is 0 Å². The number of unbranched alkanes of at least 4 members (excludes halogenated alkanes) is 3. The molecule has 0 radical (unpaired) electrons. The van der Waals surface area contributed by atoms with Crippen molar-refractivity contribution in [2.24, 2.45) is 0 Å². The molecule has 0 aliphatic rings. The molecule has 15 heteroatoms. The van der Waals surface area contributed by atoms with Crippen molar-refractivity contribution in [1.29, 1.82) is 0 Å². The van der Waals surface area contributed by atoms with Gasteiger partial charge >= 0.3 is 42.1 Å². The van der Waals surface area contributed by atoms with Gasteiger partial charge in [0.05, 0.1) is 0 Å². The van der Waals surface area contributed by atoms with Gasteiger partial charge in [-0.05, 0) is 12.8 Å². The fourth-order valence-corrected chi connectivity index (χ4v) is 2.18. The summed E-state index contributed by atoms with van der Waals surface area (Å²) in [6.45, 7) is 0. The topological polar surface area (TPSA) is 57.2 Å². The van der Waals surface area contributed by atoms with E-state index in [-0.39, 0.29) is 31.7 Å². The van der Waals surface area contributed by atoms with Crippen LogP contribution in [0.15, 0.2) is 0 Å². The van der Waals surface area contributed by atoms with Gasteiger partial charge in [-0.2, -0.15) is 39.5 Å². The summed E-state index contributed by atoms with van der Waals surface area (Å²) in [6.07, 6.45) is -12.6. The van der Waals surface area contributed by atoms with Gasteiger partial charge in [-0.1, -0.05) is 19.3 Å². The fourth-order valence-electron chi connectivity index (χ4n) is 1.73. The summed E-state index contributed by atoms with van der Waals surface area (Å²) < 4.78 is 157. The standard InChI is InChI=1S/C11H14F10O3S.Li/c12-7(5-3-1-2-4-6-8(13,14)15)9(16,17)10(18,19)11(20,21)25(22,23)24;/h7H,1-6H2,(H,22,23,24);/q;+1/p-1. The maximum absolute atomic E-state index is 13.3. The smallest absolute Gasteiger partial charge is 0.743 e. The van der Waals surface area contributed by atoms with Gasteiger partial charge in [0, 0.05) is 6.42 Å². The molecule has 0 saturated heterocycles. The van der Waals surface area contributed by atoms with Crippen LogP contribution in [0.2, 0.25) is 0 Å². The van der Waals surface area contributed by atoms with Crippen molar-refractivity contribution < 1.29 is 75.7 Å². The number of alkyl halides is 10. The average molecular weight is 422 g/mol. The van der Waals surface area contributed by atoms with E-state index in [1.54, 1.807) is 0 Å². The third kappa shape index (κ3) is 6.76. The molecular weight excluding hydrogens is 409 g/mol. The zero-order chi connectivity index (χ0) is 20.3. The first-order valence-electron chi connectivity index (χ1n) is 6.67. The quantitative estimate of drug-likeness (QED) is 0.233. The molecule has 1 atom stereocenters. The van der Waals surface area contributed by atoms with Crippen LogP contribution >= 0.6 is 0 Å². The zero-order valence-electron chi connectivity index (χ0n) is 13.2. The van der Waals surface area contributed by atoms with E-state index in [1.165, 1.54) is 0 Å². The minimum atomic E-state index is -7.21. The molecule has 0 spiro atoms. The Balaban J connectivity index is 0. The molecule has 0 aromatic heterocycles. The Hall–Kier alpha value is -0.193. The summed E-state index contributed by atoms with van der Waals surface area (Å²) in [6, 6.07) is 0. The largest absolute Gasteiger partial charge is 1.00 e. The van der Waals surface area contributed by atoms with E-state index >= 15 is 0 Å². The molecule has 0 aromatic rings. The van der Waals surface area contributed by atoms with Crippen LogP contribution in [0.3, 0.4) is 0 Å². The van der Waals surface area contributed by atoms with Gasteiger partial charge < -0.3 is 4.55 Å². The van der Waals surface area contributed by atoms with E-state index in [0.717, 1.165) is 0 Å². The Kier molecular flexibility index (Phi) is 10.1. The molecule has 3 nitrogen and oxygen atoms in total. The first-order valence-corrected chi connectivity index (χ1v) is 8.08. The van der Waals surface area contributed by atoms with E-state index in [4.69, 9.17) is 0 Å². The minimum Gasteiger partial charge on any atom is -0.743 e. The van der Waals surface area contributed by atoms with Crippen LogP contribution in [-0.2, 0) is 10.1 Å². The second-order valence-corrected chi connectivity index (χ2v) is 6.62.